The summed E-state index contributed by atoms with van der Waals surface area (Å²) in [4.78, 5) is 5.04. The molecule has 1 unspecified atom stereocenters. The molecule has 0 aliphatic heterocycles. The molecule has 0 fully saturated rings. The van der Waals surface area contributed by atoms with Crippen molar-refractivity contribution in [1.82, 2.24) is 0 Å². The molecule has 0 heterocycles. The number of hydrogen-bond acceptors (Lipinski definition) is 2. The van der Waals surface area contributed by atoms with Gasteiger partial charge in [0.1, 0.15) is 0 Å². The van der Waals surface area contributed by atoms with E-state index < -0.39 is 0 Å². The van der Waals surface area contributed by atoms with Crippen molar-refractivity contribution in [3.05, 3.63) is 232 Å². The van der Waals surface area contributed by atoms with Crippen molar-refractivity contribution in [3.63, 3.8) is 0 Å². The summed E-state index contributed by atoms with van der Waals surface area (Å²) in [6, 6.07) is 61.6. The molecule has 60 heavy (non-hydrogen) atoms. The van der Waals surface area contributed by atoms with Crippen molar-refractivity contribution in [2.45, 2.75) is 54.0 Å². The Labute approximate surface area is 355 Å². The first-order chi connectivity index (χ1) is 29.2. The lowest BCUT2D eigenvalue weighted by molar-refractivity contribution is 0.845. The molecule has 0 bridgehead atoms. The topological polar surface area (TPSA) is 6.48 Å². The molecule has 0 amide bonds. The first-order valence-corrected chi connectivity index (χ1v) is 21.3. The summed E-state index contributed by atoms with van der Waals surface area (Å²) >= 11 is 0. The van der Waals surface area contributed by atoms with Crippen LogP contribution in [0.1, 0.15) is 61.7 Å². The van der Waals surface area contributed by atoms with Crippen molar-refractivity contribution in [3.8, 4) is 11.1 Å². The van der Waals surface area contributed by atoms with Crippen LogP contribution in [0.3, 0.4) is 0 Å². The Morgan fingerprint density at radius 2 is 0.867 bits per heavy atom. The zero-order chi connectivity index (χ0) is 41.1. The molecule has 10 rings (SSSR count). The van der Waals surface area contributed by atoms with Crippen LogP contribution < -0.4 is 9.80 Å². The third-order valence-corrected chi connectivity index (χ3v) is 12.6. The SMILES string of the molecule is Cc1ccc(C2=CC(N(c3ccc(C)cc3)c3ccc(C)cc3)c3ccc4c(-c5ccc(C)cc5)cc(N(c5ccc(C)cc5)c5ccc(C)cc5)c5c4c3C2=CC5)cc1. The largest absolute Gasteiger partial charge is 0.330 e. The van der Waals surface area contributed by atoms with E-state index in [1.807, 2.05) is 0 Å². The van der Waals surface area contributed by atoms with Crippen molar-refractivity contribution in [1.29, 1.82) is 0 Å². The summed E-state index contributed by atoms with van der Waals surface area (Å²) in [5, 5.41) is 2.63. The molecular formula is C58H50N2. The minimum absolute atomic E-state index is 0.0778. The number of anilines is 5. The van der Waals surface area contributed by atoms with Crippen molar-refractivity contribution >= 4 is 50.4 Å². The molecule has 0 saturated carbocycles. The van der Waals surface area contributed by atoms with Gasteiger partial charge < -0.3 is 9.80 Å². The predicted octanol–water partition coefficient (Wildman–Crippen LogP) is 15.7. The van der Waals surface area contributed by atoms with Gasteiger partial charge in [0.25, 0.3) is 0 Å². The first-order valence-electron chi connectivity index (χ1n) is 21.3. The van der Waals surface area contributed by atoms with Gasteiger partial charge in [-0.2, -0.15) is 0 Å². The molecule has 2 heteroatoms. The third-order valence-electron chi connectivity index (χ3n) is 12.6. The zero-order valence-electron chi connectivity index (χ0n) is 35.4. The number of nitrogens with zero attached hydrogens (tertiary/aromatic N) is 2. The monoisotopic (exact) mass is 774 g/mol. The summed E-state index contributed by atoms with van der Waals surface area (Å²) in [6.07, 6.45) is 5.86. The van der Waals surface area contributed by atoms with Crippen LogP contribution in [0.2, 0.25) is 0 Å². The van der Waals surface area contributed by atoms with Gasteiger partial charge in [-0.15, -0.1) is 0 Å². The molecule has 2 aliphatic carbocycles. The third kappa shape index (κ3) is 6.63. The summed E-state index contributed by atoms with van der Waals surface area (Å²) in [7, 11) is 0. The fourth-order valence-corrected chi connectivity index (χ4v) is 9.28. The summed E-state index contributed by atoms with van der Waals surface area (Å²) in [5.74, 6) is 0. The standard InChI is InChI=1S/C58H50N2/c1-37-7-19-43(20-8-37)53-35-55(59(45-23-11-39(3)12-24-45)46-25-13-40(4)14-26-46)51-34-32-50-54(44-21-9-38(2)10-22-44)36-56(52-33-31-49(53)57(51)58(50)52)60(47-27-15-41(5)16-28-47)48-29-17-42(6)18-30-48/h7-33,35-36,56H,34H2,1-6H3. The van der Waals surface area contributed by atoms with E-state index in [1.54, 1.807) is 0 Å². The highest BCUT2D eigenvalue weighted by atomic mass is 15.2. The molecule has 0 saturated heterocycles. The smallest absolute Gasteiger partial charge is 0.0791 e. The minimum Gasteiger partial charge on any atom is -0.330 e. The Morgan fingerprint density at radius 3 is 1.35 bits per heavy atom. The fourth-order valence-electron chi connectivity index (χ4n) is 9.28. The molecule has 0 radical (unpaired) electrons. The van der Waals surface area contributed by atoms with Crippen LogP contribution in [0.25, 0.3) is 33.0 Å². The second-order valence-electron chi connectivity index (χ2n) is 17.0. The zero-order valence-corrected chi connectivity index (χ0v) is 35.4. The number of aryl methyl sites for hydroxylation is 6. The van der Waals surface area contributed by atoms with Gasteiger partial charge in [-0.25, -0.2) is 0 Å². The Hall–Kier alpha value is -6.90. The summed E-state index contributed by atoms with van der Waals surface area (Å²) in [5.41, 5.74) is 23.7. The fraction of sp³-hybridized carbons (Fsp3) is 0.138. The van der Waals surface area contributed by atoms with Crippen LogP contribution in [0.4, 0.5) is 28.4 Å². The van der Waals surface area contributed by atoms with E-state index in [0.29, 0.717) is 0 Å². The molecule has 8 aromatic rings. The second-order valence-corrected chi connectivity index (χ2v) is 17.0. The highest BCUT2D eigenvalue weighted by Crippen LogP contribution is 2.55. The van der Waals surface area contributed by atoms with E-state index in [0.717, 1.165) is 17.8 Å². The lowest BCUT2D eigenvalue weighted by Crippen LogP contribution is -2.26. The van der Waals surface area contributed by atoms with Gasteiger partial charge >= 0.3 is 0 Å². The van der Waals surface area contributed by atoms with Crippen LogP contribution in [-0.2, 0) is 6.42 Å². The van der Waals surface area contributed by atoms with Crippen LogP contribution in [0.15, 0.2) is 176 Å². The van der Waals surface area contributed by atoms with Crippen molar-refractivity contribution in [2.24, 2.45) is 0 Å². The van der Waals surface area contributed by atoms with Gasteiger partial charge in [0.2, 0.25) is 0 Å². The van der Waals surface area contributed by atoms with Crippen LogP contribution in [0.5, 0.6) is 0 Å². The molecular weight excluding hydrogens is 725 g/mol. The molecule has 0 spiro atoms. The maximum atomic E-state index is 2.55. The van der Waals surface area contributed by atoms with Gasteiger partial charge in [-0.3, -0.25) is 0 Å². The van der Waals surface area contributed by atoms with Crippen LogP contribution in [-0.4, -0.2) is 0 Å². The minimum atomic E-state index is -0.0778. The van der Waals surface area contributed by atoms with Crippen LogP contribution >= 0.6 is 0 Å². The molecule has 2 aliphatic rings. The van der Waals surface area contributed by atoms with E-state index in [-0.39, 0.29) is 6.04 Å². The van der Waals surface area contributed by atoms with Crippen molar-refractivity contribution < 1.29 is 0 Å². The van der Waals surface area contributed by atoms with Crippen LogP contribution in [0, 0.1) is 41.5 Å². The number of allylic oxidation sites excluding steroid dienone is 3. The molecule has 2 nitrogen and oxygen atoms in total. The Bertz CT molecular complexity index is 2860. The number of rotatable bonds is 8. The highest BCUT2D eigenvalue weighted by molar-refractivity contribution is 6.19. The molecule has 1 atom stereocenters. The quantitative estimate of drug-likeness (QED) is 0.152. The molecule has 0 N–H and O–H groups in total. The lowest BCUT2D eigenvalue weighted by atomic mass is 9.73. The maximum absolute atomic E-state index is 2.55. The van der Waals surface area contributed by atoms with E-state index in [9.17, 15) is 0 Å². The number of benzene rings is 8. The van der Waals surface area contributed by atoms with E-state index >= 15 is 0 Å². The second kappa shape index (κ2) is 15.0. The Morgan fingerprint density at radius 1 is 0.433 bits per heavy atom. The van der Waals surface area contributed by atoms with Gasteiger partial charge in [-0.1, -0.05) is 149 Å². The predicted molar refractivity (Wildman–Crippen MR) is 256 cm³/mol. The van der Waals surface area contributed by atoms with E-state index in [2.05, 4.69) is 227 Å². The van der Waals surface area contributed by atoms with E-state index in [4.69, 9.17) is 0 Å². The van der Waals surface area contributed by atoms with Crippen molar-refractivity contribution in [2.75, 3.05) is 9.80 Å². The van der Waals surface area contributed by atoms with E-state index in [1.165, 1.54) is 106 Å². The normalized spacial score (nSPS) is 14.1. The van der Waals surface area contributed by atoms with Gasteiger partial charge in [0.15, 0.2) is 0 Å². The summed E-state index contributed by atoms with van der Waals surface area (Å²) < 4.78 is 0. The highest BCUT2D eigenvalue weighted by Gasteiger charge is 2.35. The first kappa shape index (κ1) is 37.4. The maximum Gasteiger partial charge on any atom is 0.0791 e. The average molecular weight is 775 g/mol. The molecule has 292 valence electrons. The van der Waals surface area contributed by atoms with Gasteiger partial charge in [0, 0.05) is 22.7 Å². The Kier molecular flexibility index (Phi) is 9.37. The van der Waals surface area contributed by atoms with Gasteiger partial charge in [-0.05, 0) is 164 Å². The lowest BCUT2D eigenvalue weighted by Gasteiger charge is -2.40. The summed E-state index contributed by atoms with van der Waals surface area (Å²) in [6.45, 7) is 13.0. The van der Waals surface area contributed by atoms with Gasteiger partial charge in [0.05, 0.1) is 11.7 Å². The Balaban J connectivity index is 1.31. The molecule has 8 aromatic carbocycles. The molecule has 0 aromatic heterocycles. The average Bonchev–Trinajstić information content (AvgIpc) is 3.26. The number of hydrogen-bond donors (Lipinski definition) is 0.